The van der Waals surface area contributed by atoms with Gasteiger partial charge in [-0.1, -0.05) is 0 Å². The molecule has 1 rings (SSSR count). The van der Waals surface area contributed by atoms with Gasteiger partial charge in [-0.15, -0.1) is 0 Å². The number of aliphatic hydroxyl groups is 1. The molecule has 0 amide bonds. The van der Waals surface area contributed by atoms with E-state index in [1.807, 2.05) is 20.8 Å². The highest BCUT2D eigenvalue weighted by Crippen LogP contribution is 2.17. The number of aliphatic hydroxyl groups excluding tert-OH is 1. The summed E-state index contributed by atoms with van der Waals surface area (Å²) in [6.07, 6.45) is 2.55. The fraction of sp³-hybridized carbons (Fsp3) is 0.917. The Kier molecular flexibility index (Phi) is 4.74. The lowest BCUT2D eigenvalue weighted by atomic mass is 10.2. The lowest BCUT2D eigenvalue weighted by Gasteiger charge is -2.24. The Hall–Kier alpha value is -0.610. The molecule has 1 aliphatic heterocycles. The molecule has 0 aromatic carbocycles. The minimum atomic E-state index is -0.404. The molecule has 0 bridgehead atoms. The molecule has 0 aromatic rings. The van der Waals surface area contributed by atoms with Gasteiger partial charge < -0.3 is 9.84 Å². The molecule has 1 N–H and O–H groups in total. The van der Waals surface area contributed by atoms with Gasteiger partial charge in [0.05, 0.1) is 13.0 Å². The summed E-state index contributed by atoms with van der Waals surface area (Å²) in [5.74, 6) is -0.156. The number of esters is 1. The zero-order valence-electron chi connectivity index (χ0n) is 10.5. The zero-order valence-corrected chi connectivity index (χ0v) is 10.5. The second-order valence-corrected chi connectivity index (χ2v) is 5.35. The smallest absolute Gasteiger partial charge is 0.307 e. The van der Waals surface area contributed by atoms with Crippen LogP contribution in [-0.2, 0) is 9.53 Å². The highest BCUT2D eigenvalue weighted by Gasteiger charge is 2.24. The first kappa shape index (κ1) is 13.5. The van der Waals surface area contributed by atoms with Crippen LogP contribution in [0.25, 0.3) is 0 Å². The number of rotatable bonds is 4. The van der Waals surface area contributed by atoms with E-state index in [-0.39, 0.29) is 18.6 Å². The highest BCUT2D eigenvalue weighted by molar-refractivity contribution is 5.70. The second kappa shape index (κ2) is 5.64. The topological polar surface area (TPSA) is 49.8 Å². The van der Waals surface area contributed by atoms with Crippen molar-refractivity contribution < 1.29 is 14.6 Å². The largest absolute Gasteiger partial charge is 0.460 e. The maximum absolute atomic E-state index is 11.5. The van der Waals surface area contributed by atoms with E-state index in [1.54, 1.807) is 0 Å². The third-order valence-corrected chi connectivity index (χ3v) is 2.73. The fourth-order valence-corrected chi connectivity index (χ4v) is 2.02. The lowest BCUT2D eigenvalue weighted by molar-refractivity contribution is -0.155. The first-order valence-electron chi connectivity index (χ1n) is 5.99. The summed E-state index contributed by atoms with van der Waals surface area (Å²) in [7, 11) is 0. The Bertz CT molecular complexity index is 235. The summed E-state index contributed by atoms with van der Waals surface area (Å²) in [6.45, 7) is 7.48. The van der Waals surface area contributed by atoms with Crippen molar-refractivity contribution in [3.8, 4) is 0 Å². The molecule has 0 aromatic heterocycles. The van der Waals surface area contributed by atoms with E-state index in [9.17, 15) is 4.79 Å². The van der Waals surface area contributed by atoms with Crippen molar-refractivity contribution in [1.29, 1.82) is 0 Å². The van der Waals surface area contributed by atoms with Gasteiger partial charge in [0, 0.05) is 12.6 Å². The maximum Gasteiger partial charge on any atom is 0.307 e. The number of carbonyl (C=O) groups is 1. The number of nitrogens with zero attached hydrogens (tertiary/aromatic N) is 1. The molecule has 0 spiro atoms. The van der Waals surface area contributed by atoms with Crippen molar-refractivity contribution in [3.05, 3.63) is 0 Å². The Morgan fingerprint density at radius 3 is 2.75 bits per heavy atom. The van der Waals surface area contributed by atoms with E-state index in [4.69, 9.17) is 9.84 Å². The molecule has 0 unspecified atom stereocenters. The average Bonchev–Trinajstić information content (AvgIpc) is 2.59. The number of carbonyl (C=O) groups excluding carboxylic acids is 1. The van der Waals surface area contributed by atoms with Gasteiger partial charge in [-0.25, -0.2) is 0 Å². The van der Waals surface area contributed by atoms with Crippen LogP contribution in [0.2, 0.25) is 0 Å². The first-order chi connectivity index (χ1) is 7.42. The summed E-state index contributed by atoms with van der Waals surface area (Å²) >= 11 is 0. The lowest BCUT2D eigenvalue weighted by Crippen LogP contribution is -2.35. The molecule has 0 saturated carbocycles. The van der Waals surface area contributed by atoms with E-state index in [0.717, 1.165) is 19.4 Å². The molecule has 4 nitrogen and oxygen atoms in total. The van der Waals surface area contributed by atoms with Crippen LogP contribution in [0.5, 0.6) is 0 Å². The summed E-state index contributed by atoms with van der Waals surface area (Å²) in [4.78, 5) is 13.7. The van der Waals surface area contributed by atoms with E-state index in [0.29, 0.717) is 13.0 Å². The van der Waals surface area contributed by atoms with Crippen LogP contribution in [0.4, 0.5) is 0 Å². The third-order valence-electron chi connectivity index (χ3n) is 2.73. The fourth-order valence-electron chi connectivity index (χ4n) is 2.02. The Labute approximate surface area is 97.6 Å². The summed E-state index contributed by atoms with van der Waals surface area (Å²) in [5.41, 5.74) is -0.404. The van der Waals surface area contributed by atoms with E-state index in [1.165, 1.54) is 0 Å². The molecule has 94 valence electrons. The van der Waals surface area contributed by atoms with Gasteiger partial charge >= 0.3 is 5.97 Å². The Morgan fingerprint density at radius 1 is 1.50 bits per heavy atom. The van der Waals surface area contributed by atoms with Crippen molar-refractivity contribution in [2.45, 2.75) is 51.7 Å². The van der Waals surface area contributed by atoms with Crippen LogP contribution >= 0.6 is 0 Å². The minimum absolute atomic E-state index is 0.156. The van der Waals surface area contributed by atoms with Crippen LogP contribution < -0.4 is 0 Å². The quantitative estimate of drug-likeness (QED) is 0.735. The summed E-state index contributed by atoms with van der Waals surface area (Å²) in [6, 6.07) is 0.238. The standard InChI is InChI=1S/C12H23NO3/c1-12(2,3)16-11(15)6-8-13-7-4-5-10(13)9-14/h10,14H,4-9H2,1-3H3/t10-/m1/s1. The Balaban J connectivity index is 2.26. The predicted molar refractivity (Wildman–Crippen MR) is 62.1 cm³/mol. The second-order valence-electron chi connectivity index (χ2n) is 5.35. The molecule has 1 atom stereocenters. The van der Waals surface area contributed by atoms with E-state index in [2.05, 4.69) is 4.90 Å². The van der Waals surface area contributed by atoms with E-state index < -0.39 is 5.60 Å². The predicted octanol–water partition coefficient (Wildman–Crippen LogP) is 1.17. The van der Waals surface area contributed by atoms with Crippen LogP contribution in [0, 0.1) is 0 Å². The van der Waals surface area contributed by atoms with Gasteiger partial charge in [0.15, 0.2) is 0 Å². The van der Waals surface area contributed by atoms with Crippen LogP contribution in [0.15, 0.2) is 0 Å². The molecule has 1 heterocycles. The highest BCUT2D eigenvalue weighted by atomic mass is 16.6. The molecule has 0 aliphatic carbocycles. The Morgan fingerprint density at radius 2 is 2.19 bits per heavy atom. The molecule has 0 radical (unpaired) electrons. The number of likely N-dealkylation sites (tertiary alicyclic amines) is 1. The normalized spacial score (nSPS) is 22.4. The third kappa shape index (κ3) is 4.49. The number of hydrogen-bond donors (Lipinski definition) is 1. The van der Waals surface area contributed by atoms with Gasteiger partial charge in [-0.2, -0.15) is 0 Å². The molecule has 1 fully saturated rings. The SMILES string of the molecule is CC(C)(C)OC(=O)CCN1CCC[C@@H]1CO. The van der Waals surface area contributed by atoms with Gasteiger partial charge in [-0.05, 0) is 40.2 Å². The van der Waals surface area contributed by atoms with Gasteiger partial charge in [0.2, 0.25) is 0 Å². The van der Waals surface area contributed by atoms with Crippen molar-refractivity contribution in [3.63, 3.8) is 0 Å². The first-order valence-corrected chi connectivity index (χ1v) is 5.99. The molecule has 1 aliphatic rings. The van der Waals surface area contributed by atoms with Gasteiger partial charge in [0.1, 0.15) is 5.60 Å². The maximum atomic E-state index is 11.5. The molecular weight excluding hydrogens is 206 g/mol. The zero-order chi connectivity index (χ0) is 12.2. The van der Waals surface area contributed by atoms with Crippen molar-refractivity contribution in [2.24, 2.45) is 0 Å². The minimum Gasteiger partial charge on any atom is -0.460 e. The summed E-state index contributed by atoms with van der Waals surface area (Å²) < 4.78 is 5.24. The molecule has 1 saturated heterocycles. The average molecular weight is 229 g/mol. The number of ether oxygens (including phenoxy) is 1. The van der Waals surface area contributed by atoms with Crippen LogP contribution in [-0.4, -0.2) is 47.3 Å². The van der Waals surface area contributed by atoms with Gasteiger partial charge in [-0.3, -0.25) is 9.69 Å². The van der Waals surface area contributed by atoms with E-state index >= 15 is 0 Å². The molecular formula is C12H23NO3. The van der Waals surface area contributed by atoms with Crippen LogP contribution in [0.3, 0.4) is 0 Å². The van der Waals surface area contributed by atoms with Crippen LogP contribution in [0.1, 0.15) is 40.0 Å². The van der Waals surface area contributed by atoms with Crippen molar-refractivity contribution in [2.75, 3.05) is 19.7 Å². The van der Waals surface area contributed by atoms with Gasteiger partial charge in [0.25, 0.3) is 0 Å². The van der Waals surface area contributed by atoms with Crippen molar-refractivity contribution in [1.82, 2.24) is 4.90 Å². The molecule has 4 heteroatoms. The number of hydrogen-bond acceptors (Lipinski definition) is 4. The van der Waals surface area contributed by atoms with Crippen molar-refractivity contribution >= 4 is 5.97 Å². The summed E-state index contributed by atoms with van der Waals surface area (Å²) in [5, 5.41) is 9.13. The monoisotopic (exact) mass is 229 g/mol. The molecule has 16 heavy (non-hydrogen) atoms.